The molecule has 0 bridgehead atoms. The van der Waals surface area contributed by atoms with Crippen molar-refractivity contribution >= 4 is 11.5 Å². The largest absolute Gasteiger partial charge is 0.508 e. The molecule has 0 saturated carbocycles. The van der Waals surface area contributed by atoms with Crippen LogP contribution in [0.25, 0.3) is 5.57 Å². The summed E-state index contributed by atoms with van der Waals surface area (Å²) in [7, 11) is 0. The number of carbonyl (C=O) groups excluding carboxylic acids is 1. The molecule has 0 unspecified atom stereocenters. The number of phenols is 1. The van der Waals surface area contributed by atoms with Crippen LogP contribution in [0, 0.1) is 5.41 Å². The maximum atomic E-state index is 12.1. The normalized spacial score (nSPS) is 14.0. The van der Waals surface area contributed by atoms with E-state index in [9.17, 15) is 9.90 Å². The average Bonchev–Trinajstić information content (AvgIpc) is 2.77. The Balaban J connectivity index is 1.94. The van der Waals surface area contributed by atoms with Crippen LogP contribution < -0.4 is 9.47 Å². The van der Waals surface area contributed by atoms with E-state index in [0.29, 0.717) is 18.1 Å². The molecule has 1 heterocycles. The number of aromatic hydroxyl groups is 1. The van der Waals surface area contributed by atoms with Crippen LogP contribution in [-0.2, 0) is 4.79 Å². The Kier molecular flexibility index (Phi) is 4.53. The molecule has 2 aromatic rings. The van der Waals surface area contributed by atoms with Crippen molar-refractivity contribution in [3.63, 3.8) is 0 Å². The standard InChI is InChI=1S/C21H22O4/c1-21(2,3)20(23)25-16-10-11-18-17(5-4-12-24-19(18)13-16)14-6-8-15(22)9-7-14/h5-11,13,22H,4,12H2,1-3H3. The van der Waals surface area contributed by atoms with Gasteiger partial charge in [0.1, 0.15) is 17.2 Å². The molecule has 130 valence electrons. The van der Waals surface area contributed by atoms with Gasteiger partial charge in [-0.2, -0.15) is 0 Å². The molecule has 0 saturated heterocycles. The minimum atomic E-state index is -0.565. The van der Waals surface area contributed by atoms with Crippen LogP contribution in [0.2, 0.25) is 0 Å². The maximum Gasteiger partial charge on any atom is 0.316 e. The first-order valence-electron chi connectivity index (χ1n) is 8.34. The van der Waals surface area contributed by atoms with Crippen LogP contribution in [0.3, 0.4) is 0 Å². The van der Waals surface area contributed by atoms with Crippen LogP contribution in [0.4, 0.5) is 0 Å². The van der Waals surface area contributed by atoms with Gasteiger partial charge in [0.15, 0.2) is 0 Å². The highest BCUT2D eigenvalue weighted by atomic mass is 16.5. The van der Waals surface area contributed by atoms with E-state index < -0.39 is 5.41 Å². The van der Waals surface area contributed by atoms with Crippen LogP contribution >= 0.6 is 0 Å². The summed E-state index contributed by atoms with van der Waals surface area (Å²) in [5, 5.41) is 9.50. The zero-order valence-electron chi connectivity index (χ0n) is 14.7. The van der Waals surface area contributed by atoms with Crippen molar-refractivity contribution in [3.8, 4) is 17.2 Å². The summed E-state index contributed by atoms with van der Waals surface area (Å²) in [5.74, 6) is 1.12. The second-order valence-electron chi connectivity index (χ2n) is 7.10. The predicted molar refractivity (Wildman–Crippen MR) is 96.8 cm³/mol. The molecule has 25 heavy (non-hydrogen) atoms. The molecule has 0 aromatic heterocycles. The molecule has 0 fully saturated rings. The molecule has 1 aliphatic heterocycles. The fourth-order valence-electron chi connectivity index (χ4n) is 2.56. The Hall–Kier alpha value is -2.75. The molecule has 0 spiro atoms. The van der Waals surface area contributed by atoms with Crippen molar-refractivity contribution in [2.24, 2.45) is 5.41 Å². The van der Waals surface area contributed by atoms with Gasteiger partial charge in [0, 0.05) is 18.1 Å². The quantitative estimate of drug-likeness (QED) is 0.644. The molecule has 0 atom stereocenters. The Labute approximate surface area is 147 Å². The monoisotopic (exact) mass is 338 g/mol. The van der Waals surface area contributed by atoms with Crippen LogP contribution in [0.5, 0.6) is 17.2 Å². The first-order valence-corrected chi connectivity index (χ1v) is 8.34. The second-order valence-corrected chi connectivity index (χ2v) is 7.10. The third-order valence-corrected chi connectivity index (χ3v) is 3.97. The lowest BCUT2D eigenvalue weighted by atomic mass is 9.96. The van der Waals surface area contributed by atoms with Gasteiger partial charge < -0.3 is 14.6 Å². The summed E-state index contributed by atoms with van der Waals surface area (Å²) < 4.78 is 11.3. The Morgan fingerprint density at radius 3 is 2.52 bits per heavy atom. The van der Waals surface area contributed by atoms with Gasteiger partial charge >= 0.3 is 5.97 Å². The van der Waals surface area contributed by atoms with E-state index in [1.807, 2.05) is 39.0 Å². The lowest BCUT2D eigenvalue weighted by molar-refractivity contribution is -0.143. The van der Waals surface area contributed by atoms with E-state index in [0.717, 1.165) is 23.1 Å². The molecule has 1 aliphatic rings. The van der Waals surface area contributed by atoms with Crippen molar-refractivity contribution in [1.29, 1.82) is 0 Å². The first-order chi connectivity index (χ1) is 11.8. The second kappa shape index (κ2) is 6.63. The lowest BCUT2D eigenvalue weighted by Crippen LogP contribution is -2.25. The van der Waals surface area contributed by atoms with E-state index in [2.05, 4.69) is 6.08 Å². The molecule has 0 amide bonds. The summed E-state index contributed by atoms with van der Waals surface area (Å²) >= 11 is 0. The summed E-state index contributed by atoms with van der Waals surface area (Å²) in [6.45, 7) is 6.02. The van der Waals surface area contributed by atoms with Crippen molar-refractivity contribution in [3.05, 3.63) is 59.7 Å². The van der Waals surface area contributed by atoms with Gasteiger partial charge in [0.2, 0.25) is 0 Å². The molecule has 4 nitrogen and oxygen atoms in total. The lowest BCUT2D eigenvalue weighted by Gasteiger charge is -2.18. The fraction of sp³-hybridized carbons (Fsp3) is 0.286. The fourth-order valence-corrected chi connectivity index (χ4v) is 2.56. The Morgan fingerprint density at radius 2 is 1.84 bits per heavy atom. The molecular formula is C21H22O4. The molecule has 3 rings (SSSR count). The van der Waals surface area contributed by atoms with Gasteiger partial charge in [0.25, 0.3) is 0 Å². The van der Waals surface area contributed by atoms with Crippen molar-refractivity contribution in [2.75, 3.05) is 6.61 Å². The average molecular weight is 338 g/mol. The van der Waals surface area contributed by atoms with Crippen molar-refractivity contribution in [1.82, 2.24) is 0 Å². The highest BCUT2D eigenvalue weighted by molar-refractivity contribution is 5.84. The number of carbonyl (C=O) groups is 1. The maximum absolute atomic E-state index is 12.1. The Morgan fingerprint density at radius 1 is 1.12 bits per heavy atom. The minimum absolute atomic E-state index is 0.235. The minimum Gasteiger partial charge on any atom is -0.508 e. The van der Waals surface area contributed by atoms with Crippen molar-refractivity contribution in [2.45, 2.75) is 27.2 Å². The van der Waals surface area contributed by atoms with E-state index in [-0.39, 0.29) is 11.7 Å². The highest BCUT2D eigenvalue weighted by Gasteiger charge is 2.24. The van der Waals surface area contributed by atoms with Gasteiger partial charge in [0.05, 0.1) is 12.0 Å². The van der Waals surface area contributed by atoms with E-state index >= 15 is 0 Å². The summed E-state index contributed by atoms with van der Waals surface area (Å²) in [6.07, 6.45) is 2.90. The molecule has 0 radical (unpaired) electrons. The number of esters is 1. The smallest absolute Gasteiger partial charge is 0.316 e. The van der Waals surface area contributed by atoms with Gasteiger partial charge in [-0.15, -0.1) is 0 Å². The topological polar surface area (TPSA) is 55.8 Å². The zero-order chi connectivity index (χ0) is 18.0. The molecule has 1 N–H and O–H groups in total. The predicted octanol–water partition coefficient (Wildman–Crippen LogP) is 4.56. The molecule has 0 aliphatic carbocycles. The van der Waals surface area contributed by atoms with Crippen molar-refractivity contribution < 1.29 is 19.4 Å². The third-order valence-electron chi connectivity index (χ3n) is 3.97. The van der Waals surface area contributed by atoms with Crippen LogP contribution in [0.1, 0.15) is 38.3 Å². The van der Waals surface area contributed by atoms with Crippen LogP contribution in [-0.4, -0.2) is 17.7 Å². The SMILES string of the molecule is CC(C)(C)C(=O)Oc1ccc2c(c1)OCCC=C2c1ccc(O)cc1. The number of hydrogen-bond acceptors (Lipinski definition) is 4. The van der Waals surface area contributed by atoms with Gasteiger partial charge in [-0.1, -0.05) is 18.2 Å². The van der Waals surface area contributed by atoms with E-state index in [1.165, 1.54) is 0 Å². The summed E-state index contributed by atoms with van der Waals surface area (Å²) in [5.41, 5.74) is 2.43. The third kappa shape index (κ3) is 3.85. The van der Waals surface area contributed by atoms with Gasteiger partial charge in [-0.3, -0.25) is 4.79 Å². The molecule has 2 aromatic carbocycles. The van der Waals surface area contributed by atoms with E-state index in [1.54, 1.807) is 24.3 Å². The summed E-state index contributed by atoms with van der Waals surface area (Å²) in [4.78, 5) is 12.1. The number of benzene rings is 2. The van der Waals surface area contributed by atoms with E-state index in [4.69, 9.17) is 9.47 Å². The number of fused-ring (bicyclic) bond motifs is 1. The molecule has 4 heteroatoms. The molecular weight excluding hydrogens is 316 g/mol. The van der Waals surface area contributed by atoms with Crippen LogP contribution in [0.15, 0.2) is 48.5 Å². The number of rotatable bonds is 2. The van der Waals surface area contributed by atoms with Gasteiger partial charge in [-0.05, 0) is 56.2 Å². The summed E-state index contributed by atoms with van der Waals surface area (Å²) in [6, 6.07) is 12.5. The number of hydrogen-bond donors (Lipinski definition) is 1. The Bertz CT molecular complexity index is 811. The zero-order valence-corrected chi connectivity index (χ0v) is 14.7. The van der Waals surface area contributed by atoms with Gasteiger partial charge in [-0.25, -0.2) is 0 Å². The first kappa shape index (κ1) is 17.1. The number of ether oxygens (including phenoxy) is 2. The highest BCUT2D eigenvalue weighted by Crippen LogP contribution is 2.37. The number of phenolic OH excluding ortho intramolecular Hbond substituents is 1.